The van der Waals surface area contributed by atoms with E-state index in [0.29, 0.717) is 16.9 Å². The van der Waals surface area contributed by atoms with Gasteiger partial charge in [0.05, 0.1) is 12.5 Å². The summed E-state index contributed by atoms with van der Waals surface area (Å²) in [6, 6.07) is 7.99. The average Bonchev–Trinajstić information content (AvgIpc) is 2.43. The van der Waals surface area contributed by atoms with Crippen LogP contribution in [0.3, 0.4) is 0 Å². The molecule has 0 saturated heterocycles. The molecule has 0 aromatic heterocycles. The molecule has 0 bridgehead atoms. The first-order valence-corrected chi connectivity index (χ1v) is 6.62. The molecule has 0 aliphatic carbocycles. The number of ether oxygens (including phenoxy) is 1. The predicted molar refractivity (Wildman–Crippen MR) is 76.5 cm³/mol. The normalized spacial score (nSPS) is 12.3. The minimum absolute atomic E-state index is 0.143. The van der Waals surface area contributed by atoms with Crippen LogP contribution >= 0.6 is 11.6 Å². The third kappa shape index (κ3) is 2.63. The van der Waals surface area contributed by atoms with Gasteiger partial charge in [0.1, 0.15) is 17.4 Å². The van der Waals surface area contributed by atoms with Crippen LogP contribution in [0, 0.1) is 25.5 Å². The highest BCUT2D eigenvalue weighted by atomic mass is 35.5. The number of benzene rings is 2. The minimum atomic E-state index is -0.940. The molecule has 106 valence electrons. The van der Waals surface area contributed by atoms with E-state index in [-0.39, 0.29) is 5.56 Å². The molecule has 1 atom stereocenters. The molecular weight excluding hydrogens is 282 g/mol. The molecule has 2 aromatic carbocycles. The Hall–Kier alpha value is -1.61. The average molecular weight is 297 g/mol. The second kappa shape index (κ2) is 5.80. The molecule has 0 aliphatic rings. The van der Waals surface area contributed by atoms with Crippen molar-refractivity contribution in [3.8, 4) is 5.75 Å². The Morgan fingerprint density at radius 2 is 1.80 bits per heavy atom. The molecule has 0 spiro atoms. The Morgan fingerprint density at radius 3 is 2.45 bits per heavy atom. The van der Waals surface area contributed by atoms with E-state index >= 15 is 0 Å². The van der Waals surface area contributed by atoms with E-state index in [1.807, 2.05) is 13.0 Å². The van der Waals surface area contributed by atoms with Gasteiger partial charge in [0, 0.05) is 11.1 Å². The molecule has 2 rings (SSSR count). The molecule has 1 nitrogen and oxygen atoms in total. The van der Waals surface area contributed by atoms with Crippen molar-refractivity contribution in [3.05, 3.63) is 64.2 Å². The quantitative estimate of drug-likeness (QED) is 0.731. The molecule has 4 heteroatoms. The van der Waals surface area contributed by atoms with Crippen molar-refractivity contribution in [3.63, 3.8) is 0 Å². The Bertz CT molecular complexity index is 641. The zero-order chi connectivity index (χ0) is 14.9. The molecule has 20 heavy (non-hydrogen) atoms. The highest BCUT2D eigenvalue weighted by Crippen LogP contribution is 2.38. The molecule has 0 saturated carbocycles. The predicted octanol–water partition coefficient (Wildman–Crippen LogP) is 4.92. The second-order valence-electron chi connectivity index (χ2n) is 4.70. The van der Waals surface area contributed by atoms with Gasteiger partial charge in [-0.05, 0) is 31.5 Å². The summed E-state index contributed by atoms with van der Waals surface area (Å²) < 4.78 is 33.3. The number of hydrogen-bond donors (Lipinski definition) is 0. The second-order valence-corrected chi connectivity index (χ2v) is 5.14. The molecule has 1 unspecified atom stereocenters. The van der Waals surface area contributed by atoms with E-state index in [1.165, 1.54) is 19.2 Å². The number of rotatable bonds is 3. The molecule has 0 radical (unpaired) electrons. The van der Waals surface area contributed by atoms with Gasteiger partial charge >= 0.3 is 0 Å². The highest BCUT2D eigenvalue weighted by Gasteiger charge is 2.24. The first kappa shape index (κ1) is 14.8. The van der Waals surface area contributed by atoms with Crippen LogP contribution in [0.2, 0.25) is 0 Å². The Kier molecular flexibility index (Phi) is 4.29. The maximum atomic E-state index is 14.2. The zero-order valence-corrected chi connectivity index (χ0v) is 12.3. The first-order chi connectivity index (χ1) is 9.45. The molecule has 0 amide bonds. The van der Waals surface area contributed by atoms with E-state index in [9.17, 15) is 8.78 Å². The van der Waals surface area contributed by atoms with Crippen LogP contribution in [0.5, 0.6) is 5.75 Å². The SMILES string of the molecule is COc1ccc(C)cc1C(Cl)c1c(F)ccc(C)c1F. The maximum absolute atomic E-state index is 14.2. The van der Waals surface area contributed by atoms with Crippen molar-refractivity contribution in [2.75, 3.05) is 7.11 Å². The fourth-order valence-electron chi connectivity index (χ4n) is 2.12. The Labute approximate surface area is 122 Å². The van der Waals surface area contributed by atoms with Crippen LogP contribution in [-0.2, 0) is 0 Å². The zero-order valence-electron chi connectivity index (χ0n) is 11.5. The van der Waals surface area contributed by atoms with Gasteiger partial charge < -0.3 is 4.74 Å². The lowest BCUT2D eigenvalue weighted by Crippen LogP contribution is -2.05. The van der Waals surface area contributed by atoms with Gasteiger partial charge in [-0.15, -0.1) is 11.6 Å². The van der Waals surface area contributed by atoms with Crippen molar-refractivity contribution in [2.45, 2.75) is 19.2 Å². The summed E-state index contributed by atoms with van der Waals surface area (Å²) in [5.41, 5.74) is 1.71. The summed E-state index contributed by atoms with van der Waals surface area (Å²) in [5.74, 6) is -0.763. The fourth-order valence-corrected chi connectivity index (χ4v) is 2.49. The lowest BCUT2D eigenvalue weighted by atomic mass is 9.99. The van der Waals surface area contributed by atoms with E-state index in [1.54, 1.807) is 19.1 Å². The number of alkyl halides is 1. The smallest absolute Gasteiger partial charge is 0.134 e. The molecule has 2 aromatic rings. The van der Waals surface area contributed by atoms with Crippen LogP contribution in [-0.4, -0.2) is 7.11 Å². The van der Waals surface area contributed by atoms with Gasteiger partial charge in [0.2, 0.25) is 0 Å². The molecule has 0 fully saturated rings. The molecule has 0 N–H and O–H groups in total. The van der Waals surface area contributed by atoms with Crippen LogP contribution in [0.15, 0.2) is 30.3 Å². The van der Waals surface area contributed by atoms with E-state index in [0.717, 1.165) is 5.56 Å². The summed E-state index contributed by atoms with van der Waals surface area (Å²) in [6.45, 7) is 3.46. The first-order valence-electron chi connectivity index (χ1n) is 6.18. The van der Waals surface area contributed by atoms with Gasteiger partial charge in [-0.1, -0.05) is 23.8 Å². The summed E-state index contributed by atoms with van der Waals surface area (Å²) >= 11 is 6.31. The molecule has 0 aliphatic heterocycles. The van der Waals surface area contributed by atoms with Crippen LogP contribution in [0.1, 0.15) is 27.6 Å². The number of halogens is 3. The lowest BCUT2D eigenvalue weighted by molar-refractivity contribution is 0.409. The van der Waals surface area contributed by atoms with Crippen molar-refractivity contribution in [2.24, 2.45) is 0 Å². The fraction of sp³-hybridized carbons (Fsp3) is 0.250. The number of hydrogen-bond acceptors (Lipinski definition) is 1. The van der Waals surface area contributed by atoms with Gasteiger partial charge in [0.15, 0.2) is 0 Å². The van der Waals surface area contributed by atoms with E-state index < -0.39 is 17.0 Å². The lowest BCUT2D eigenvalue weighted by Gasteiger charge is -2.17. The summed E-state index contributed by atoms with van der Waals surface area (Å²) in [4.78, 5) is 0. The highest BCUT2D eigenvalue weighted by molar-refractivity contribution is 6.22. The van der Waals surface area contributed by atoms with Crippen molar-refractivity contribution in [1.82, 2.24) is 0 Å². The topological polar surface area (TPSA) is 9.23 Å². The van der Waals surface area contributed by atoms with Crippen molar-refractivity contribution >= 4 is 11.6 Å². The van der Waals surface area contributed by atoms with E-state index in [4.69, 9.17) is 16.3 Å². The van der Waals surface area contributed by atoms with Gasteiger partial charge in [-0.3, -0.25) is 0 Å². The Balaban J connectivity index is 2.60. The summed E-state index contributed by atoms with van der Waals surface area (Å²) in [7, 11) is 1.50. The summed E-state index contributed by atoms with van der Waals surface area (Å²) in [6.07, 6.45) is 0. The molecule has 0 heterocycles. The molecular formula is C16H15ClF2O. The number of methoxy groups -OCH3 is 1. The van der Waals surface area contributed by atoms with E-state index in [2.05, 4.69) is 0 Å². The largest absolute Gasteiger partial charge is 0.496 e. The van der Waals surface area contributed by atoms with Crippen LogP contribution in [0.25, 0.3) is 0 Å². The van der Waals surface area contributed by atoms with Gasteiger partial charge in [-0.25, -0.2) is 8.78 Å². The van der Waals surface area contributed by atoms with Crippen LogP contribution < -0.4 is 4.74 Å². The number of aryl methyl sites for hydroxylation is 2. The van der Waals surface area contributed by atoms with Crippen molar-refractivity contribution in [1.29, 1.82) is 0 Å². The third-order valence-corrected chi connectivity index (χ3v) is 3.68. The van der Waals surface area contributed by atoms with Crippen LogP contribution in [0.4, 0.5) is 8.78 Å². The monoisotopic (exact) mass is 296 g/mol. The Morgan fingerprint density at radius 1 is 1.10 bits per heavy atom. The van der Waals surface area contributed by atoms with Gasteiger partial charge in [0.25, 0.3) is 0 Å². The standard InChI is InChI=1S/C16H15ClF2O/c1-9-4-7-13(20-3)11(8-9)15(17)14-12(18)6-5-10(2)16(14)19/h4-8,15H,1-3H3. The third-order valence-electron chi connectivity index (χ3n) is 3.23. The summed E-state index contributed by atoms with van der Waals surface area (Å²) in [5, 5.41) is -0.940. The van der Waals surface area contributed by atoms with Crippen molar-refractivity contribution < 1.29 is 13.5 Å². The maximum Gasteiger partial charge on any atom is 0.134 e. The van der Waals surface area contributed by atoms with Gasteiger partial charge in [-0.2, -0.15) is 0 Å². The minimum Gasteiger partial charge on any atom is -0.496 e.